The normalized spacial score (nSPS) is 19.7. The van der Waals surface area contributed by atoms with Crippen molar-refractivity contribution in [3.63, 3.8) is 0 Å². The summed E-state index contributed by atoms with van der Waals surface area (Å²) in [6, 6.07) is 7.81. The van der Waals surface area contributed by atoms with E-state index in [9.17, 15) is 10.4 Å². The Balaban J connectivity index is 1.69. The number of aromatic nitrogens is 3. The van der Waals surface area contributed by atoms with Gasteiger partial charge in [-0.05, 0) is 31.5 Å². The highest BCUT2D eigenvalue weighted by atomic mass is 32.2. The molecule has 3 aromatic rings. The first kappa shape index (κ1) is 19.5. The Kier molecular flexibility index (Phi) is 5.58. The Hall–Kier alpha value is -2.80. The van der Waals surface area contributed by atoms with Crippen LogP contribution in [0.25, 0.3) is 16.6 Å². The lowest BCUT2D eigenvalue weighted by atomic mass is 10.1. The molecule has 8 nitrogen and oxygen atoms in total. The Morgan fingerprint density at radius 1 is 1.41 bits per heavy atom. The number of rotatable bonds is 4. The van der Waals surface area contributed by atoms with Crippen molar-refractivity contribution in [3.8, 4) is 22.9 Å². The number of aliphatic hydroxyl groups is 1. The smallest absolute Gasteiger partial charge is 0.138 e. The largest absolute Gasteiger partial charge is 0.492 e. The number of anilines is 1. The highest BCUT2D eigenvalue weighted by molar-refractivity contribution is 7.99. The highest BCUT2D eigenvalue weighted by Gasteiger charge is 2.23. The number of pyridine rings is 2. The van der Waals surface area contributed by atoms with Crippen LogP contribution in [0.3, 0.4) is 0 Å². The van der Waals surface area contributed by atoms with Crippen LogP contribution >= 0.6 is 11.8 Å². The number of nitriles is 1. The molecule has 0 aliphatic carbocycles. The first-order valence-electron chi connectivity index (χ1n) is 9.41. The number of nitrogens with zero attached hydrogens (tertiary/aromatic N) is 5. The highest BCUT2D eigenvalue weighted by Crippen LogP contribution is 2.32. The molecule has 0 radical (unpaired) electrons. The summed E-state index contributed by atoms with van der Waals surface area (Å²) in [6.07, 6.45) is 5.82. The molecule has 0 aromatic carbocycles. The molecule has 0 bridgehead atoms. The standard InChI is InChI=1S/C20H22N6O2S/c1-2-28-15-7-16(19-14(8-21)10-24-26(19)11-15)13-3-4-18(23-9-13)25-6-5-17(22)20(27)29-12-25/h3-4,7,9-11,17,20,27H,2,5-6,12,22H2,1H3/t17-,20-/m0/s1. The Labute approximate surface area is 172 Å². The van der Waals surface area contributed by atoms with Gasteiger partial charge in [0.25, 0.3) is 0 Å². The molecule has 0 spiro atoms. The molecule has 150 valence electrons. The van der Waals surface area contributed by atoms with E-state index in [0.717, 1.165) is 29.0 Å². The van der Waals surface area contributed by atoms with Crippen LogP contribution in [0.2, 0.25) is 0 Å². The molecule has 4 heterocycles. The minimum atomic E-state index is -0.555. The lowest BCUT2D eigenvalue weighted by Crippen LogP contribution is -2.32. The minimum absolute atomic E-state index is 0.231. The molecule has 3 aromatic heterocycles. The van der Waals surface area contributed by atoms with Gasteiger partial charge in [0, 0.05) is 29.9 Å². The van der Waals surface area contributed by atoms with Crippen LogP contribution in [-0.2, 0) is 0 Å². The molecular weight excluding hydrogens is 388 g/mol. The Bertz CT molecular complexity index is 1030. The summed E-state index contributed by atoms with van der Waals surface area (Å²) >= 11 is 1.42. The summed E-state index contributed by atoms with van der Waals surface area (Å²) in [5.41, 5.74) is 8.34. The van der Waals surface area contributed by atoms with E-state index in [-0.39, 0.29) is 6.04 Å². The van der Waals surface area contributed by atoms with Gasteiger partial charge in [0.2, 0.25) is 0 Å². The van der Waals surface area contributed by atoms with Gasteiger partial charge in [0.1, 0.15) is 23.1 Å². The summed E-state index contributed by atoms with van der Waals surface area (Å²) < 4.78 is 7.33. The van der Waals surface area contributed by atoms with E-state index in [1.54, 1.807) is 23.1 Å². The number of thioether (sulfide) groups is 1. The molecule has 0 saturated carbocycles. The average molecular weight is 411 g/mol. The van der Waals surface area contributed by atoms with Gasteiger partial charge in [-0.25, -0.2) is 9.50 Å². The van der Waals surface area contributed by atoms with Gasteiger partial charge < -0.3 is 20.5 Å². The van der Waals surface area contributed by atoms with E-state index in [1.807, 2.05) is 25.1 Å². The zero-order valence-corrected chi connectivity index (χ0v) is 16.8. The van der Waals surface area contributed by atoms with Crippen LogP contribution in [0, 0.1) is 11.3 Å². The number of hydrogen-bond acceptors (Lipinski definition) is 8. The fourth-order valence-electron chi connectivity index (χ4n) is 3.36. The van der Waals surface area contributed by atoms with Gasteiger partial charge >= 0.3 is 0 Å². The predicted molar refractivity (Wildman–Crippen MR) is 113 cm³/mol. The first-order valence-corrected chi connectivity index (χ1v) is 10.5. The van der Waals surface area contributed by atoms with E-state index in [1.165, 1.54) is 11.8 Å². The molecule has 3 N–H and O–H groups in total. The summed E-state index contributed by atoms with van der Waals surface area (Å²) in [6.45, 7) is 3.20. The number of aliphatic hydroxyl groups excluding tert-OH is 1. The van der Waals surface area contributed by atoms with E-state index in [2.05, 4.69) is 21.1 Å². The molecule has 4 rings (SSSR count). The van der Waals surface area contributed by atoms with Crippen LogP contribution in [0.15, 0.2) is 36.8 Å². The van der Waals surface area contributed by atoms with Crippen molar-refractivity contribution in [1.29, 1.82) is 5.26 Å². The van der Waals surface area contributed by atoms with Crippen molar-refractivity contribution in [2.24, 2.45) is 5.73 Å². The molecule has 0 unspecified atom stereocenters. The maximum atomic E-state index is 9.96. The van der Waals surface area contributed by atoms with Gasteiger partial charge in [0.15, 0.2) is 0 Å². The van der Waals surface area contributed by atoms with Gasteiger partial charge in [-0.1, -0.05) is 0 Å². The molecule has 1 aliphatic heterocycles. The van der Waals surface area contributed by atoms with Crippen molar-refractivity contribution in [3.05, 3.63) is 42.4 Å². The number of fused-ring (bicyclic) bond motifs is 1. The van der Waals surface area contributed by atoms with Crippen LogP contribution in [0.5, 0.6) is 5.75 Å². The van der Waals surface area contributed by atoms with E-state index >= 15 is 0 Å². The number of ether oxygens (including phenoxy) is 1. The van der Waals surface area contributed by atoms with Crippen molar-refractivity contribution in [2.75, 3.05) is 23.9 Å². The van der Waals surface area contributed by atoms with Crippen LogP contribution < -0.4 is 15.4 Å². The fraction of sp³-hybridized carbons (Fsp3) is 0.350. The topological polar surface area (TPSA) is 113 Å². The Morgan fingerprint density at radius 2 is 2.28 bits per heavy atom. The van der Waals surface area contributed by atoms with Crippen LogP contribution in [0.1, 0.15) is 18.9 Å². The van der Waals surface area contributed by atoms with Crippen molar-refractivity contribution in [2.45, 2.75) is 24.8 Å². The van der Waals surface area contributed by atoms with Gasteiger partial charge in [-0.15, -0.1) is 11.8 Å². The summed E-state index contributed by atoms with van der Waals surface area (Å²) in [5.74, 6) is 2.14. The molecule has 9 heteroatoms. The lowest BCUT2D eigenvalue weighted by Gasteiger charge is -2.21. The molecule has 29 heavy (non-hydrogen) atoms. The number of nitrogens with two attached hydrogens (primary N) is 1. The lowest BCUT2D eigenvalue weighted by molar-refractivity contribution is 0.228. The molecule has 1 fully saturated rings. The summed E-state index contributed by atoms with van der Waals surface area (Å²) in [7, 11) is 0. The third kappa shape index (κ3) is 3.87. The third-order valence-electron chi connectivity index (χ3n) is 4.90. The summed E-state index contributed by atoms with van der Waals surface area (Å²) in [4.78, 5) is 6.74. The van der Waals surface area contributed by atoms with Crippen molar-refractivity contribution in [1.82, 2.24) is 14.6 Å². The molecule has 1 aliphatic rings. The molecule has 2 atom stereocenters. The zero-order valence-electron chi connectivity index (χ0n) is 16.0. The second-order valence-corrected chi connectivity index (χ2v) is 7.87. The molecule has 0 amide bonds. The van der Waals surface area contributed by atoms with Crippen molar-refractivity contribution >= 4 is 23.1 Å². The third-order valence-corrected chi connectivity index (χ3v) is 6.05. The van der Waals surface area contributed by atoms with Gasteiger partial charge in [0.05, 0.1) is 36.0 Å². The van der Waals surface area contributed by atoms with Crippen LogP contribution in [0.4, 0.5) is 5.82 Å². The Morgan fingerprint density at radius 3 is 3.00 bits per heavy atom. The number of hydrogen-bond donors (Lipinski definition) is 2. The van der Waals surface area contributed by atoms with E-state index in [0.29, 0.717) is 30.2 Å². The molecular formula is C20H22N6O2S. The van der Waals surface area contributed by atoms with Crippen LogP contribution in [-0.4, -0.2) is 50.2 Å². The fourth-order valence-corrected chi connectivity index (χ4v) is 4.34. The second kappa shape index (κ2) is 8.29. The summed E-state index contributed by atoms with van der Waals surface area (Å²) in [5, 5.41) is 23.7. The minimum Gasteiger partial charge on any atom is -0.492 e. The SMILES string of the molecule is CCOc1cc(-c2ccc(N3CC[C@H](N)[C@@H](O)SC3)nc2)c2c(C#N)cnn2c1. The van der Waals surface area contributed by atoms with Crippen molar-refractivity contribution < 1.29 is 9.84 Å². The first-order chi connectivity index (χ1) is 14.1. The molecule has 1 saturated heterocycles. The monoisotopic (exact) mass is 410 g/mol. The maximum absolute atomic E-state index is 9.96. The van der Waals surface area contributed by atoms with Gasteiger partial charge in [-0.3, -0.25) is 0 Å². The van der Waals surface area contributed by atoms with E-state index < -0.39 is 5.44 Å². The zero-order chi connectivity index (χ0) is 20.4. The van der Waals surface area contributed by atoms with Gasteiger partial charge in [-0.2, -0.15) is 10.4 Å². The quantitative estimate of drug-likeness (QED) is 0.673. The maximum Gasteiger partial charge on any atom is 0.138 e. The predicted octanol–water partition coefficient (Wildman–Crippen LogP) is 2.21. The second-order valence-electron chi connectivity index (χ2n) is 6.79. The average Bonchev–Trinajstić information content (AvgIpc) is 3.08. The van der Waals surface area contributed by atoms with E-state index in [4.69, 9.17) is 10.5 Å².